The minimum Gasteiger partial charge on any atom is -0.338 e. The average molecular weight is 822 g/mol. The lowest BCUT2D eigenvalue weighted by molar-refractivity contribution is 0.0564. The summed E-state index contributed by atoms with van der Waals surface area (Å²) in [7, 11) is -11.8. The van der Waals surface area contributed by atoms with Crippen LogP contribution in [0.3, 0.4) is 0 Å². The third-order valence-corrected chi connectivity index (χ3v) is 12.1. The minimum atomic E-state index is -5.90. The summed E-state index contributed by atoms with van der Waals surface area (Å²) in [6.45, 7) is 0.0266. The van der Waals surface area contributed by atoms with E-state index in [-0.39, 0.29) is 37.0 Å². The van der Waals surface area contributed by atoms with Crippen LogP contribution in [0.4, 0.5) is 23.2 Å². The minimum absolute atomic E-state index is 0.0266. The van der Waals surface area contributed by atoms with Gasteiger partial charge in [0.2, 0.25) is 11.7 Å². The standard InChI is InChI=1S/C40H33F4N3O8P2/c41-39(42,56(49,50)51)30-19-15-26(16-20-30)23-38(37-45-35(46-55-37)28-9-3-1-4-10-28,24-27-17-21-31(22-18-27)40(43,44)57(52,53)54)33-25-47(34-14-8-7-13-32(33)34)36(48)29-11-5-2-6-12-29/h1-22,33H,23-25H2,(H2,49,50,51)(H2,52,53,54). The Morgan fingerprint density at radius 2 is 1.16 bits per heavy atom. The van der Waals surface area contributed by atoms with Crippen LogP contribution >= 0.6 is 15.2 Å². The number of para-hydroxylation sites is 1. The zero-order valence-corrected chi connectivity index (χ0v) is 31.4. The molecule has 0 fully saturated rings. The van der Waals surface area contributed by atoms with E-state index >= 15 is 0 Å². The molecule has 0 bridgehead atoms. The second kappa shape index (κ2) is 14.9. The first kappa shape index (κ1) is 39.9. The number of fused-ring (bicyclic) bond motifs is 1. The maximum atomic E-state index is 14.8. The van der Waals surface area contributed by atoms with Gasteiger partial charge in [0.05, 0.1) is 5.41 Å². The van der Waals surface area contributed by atoms with E-state index in [2.05, 4.69) is 5.16 Å². The van der Waals surface area contributed by atoms with E-state index in [1.165, 1.54) is 24.3 Å². The molecule has 7 rings (SSSR count). The van der Waals surface area contributed by atoms with Crippen LogP contribution in [-0.4, -0.2) is 42.2 Å². The topological polar surface area (TPSA) is 174 Å². The summed E-state index contributed by atoms with van der Waals surface area (Å²) in [5, 5.41) is 4.27. The zero-order valence-electron chi connectivity index (χ0n) is 29.6. The molecule has 1 aliphatic heterocycles. The van der Waals surface area contributed by atoms with Crippen LogP contribution in [-0.2, 0) is 38.7 Å². The quantitative estimate of drug-likeness (QED) is 0.0694. The van der Waals surface area contributed by atoms with Crippen LogP contribution in [0.5, 0.6) is 0 Å². The Hall–Kier alpha value is -5.27. The molecule has 2 heterocycles. The average Bonchev–Trinajstić information content (AvgIpc) is 3.85. The van der Waals surface area contributed by atoms with Gasteiger partial charge in [0, 0.05) is 40.4 Å². The second-order valence-corrected chi connectivity index (χ2v) is 17.1. The van der Waals surface area contributed by atoms with Crippen molar-refractivity contribution in [1.29, 1.82) is 0 Å². The molecule has 1 aromatic heterocycles. The van der Waals surface area contributed by atoms with E-state index in [0.29, 0.717) is 33.5 Å². The Bertz CT molecular complexity index is 2410. The highest BCUT2D eigenvalue weighted by molar-refractivity contribution is 7.52. The van der Waals surface area contributed by atoms with Gasteiger partial charge in [-0.3, -0.25) is 13.9 Å². The highest BCUT2D eigenvalue weighted by Crippen LogP contribution is 2.60. The Morgan fingerprint density at radius 3 is 1.67 bits per heavy atom. The van der Waals surface area contributed by atoms with Crippen LogP contribution in [0.15, 0.2) is 138 Å². The van der Waals surface area contributed by atoms with Crippen molar-refractivity contribution in [2.75, 3.05) is 11.4 Å². The normalized spacial score (nSPS) is 15.1. The first-order chi connectivity index (χ1) is 26.9. The second-order valence-electron chi connectivity index (χ2n) is 13.8. The first-order valence-corrected chi connectivity index (χ1v) is 20.6. The third-order valence-electron chi connectivity index (χ3n) is 10.2. The number of carbonyl (C=O) groups excluding carboxylic acids is 1. The number of rotatable bonds is 12. The Kier molecular flexibility index (Phi) is 10.4. The Labute approximate surface area is 323 Å². The highest BCUT2D eigenvalue weighted by Gasteiger charge is 2.53. The van der Waals surface area contributed by atoms with Crippen molar-refractivity contribution in [1.82, 2.24) is 10.1 Å². The molecular formula is C40H33F4N3O8P2. The number of nitrogens with zero attached hydrogens (tertiary/aromatic N) is 3. The molecule has 17 heteroatoms. The van der Waals surface area contributed by atoms with E-state index in [0.717, 1.165) is 24.3 Å². The molecule has 0 saturated carbocycles. The number of hydrogen-bond acceptors (Lipinski definition) is 6. The molecule has 4 N–H and O–H groups in total. The molecule has 1 amide bonds. The van der Waals surface area contributed by atoms with Gasteiger partial charge in [0.1, 0.15) is 0 Å². The van der Waals surface area contributed by atoms with Crippen molar-refractivity contribution >= 4 is 26.8 Å². The number of halogens is 4. The van der Waals surface area contributed by atoms with E-state index in [9.17, 15) is 51.1 Å². The number of anilines is 1. The lowest BCUT2D eigenvalue weighted by atomic mass is 9.65. The van der Waals surface area contributed by atoms with Crippen molar-refractivity contribution in [3.8, 4) is 11.4 Å². The van der Waals surface area contributed by atoms with Gasteiger partial charge in [-0.25, -0.2) is 0 Å². The Morgan fingerprint density at radius 1 is 0.684 bits per heavy atom. The maximum Gasteiger partial charge on any atom is 0.399 e. The van der Waals surface area contributed by atoms with Crippen LogP contribution < -0.4 is 4.90 Å². The summed E-state index contributed by atoms with van der Waals surface area (Å²) in [6.07, 6.45) is -0.171. The van der Waals surface area contributed by atoms with Crippen molar-refractivity contribution in [3.63, 3.8) is 0 Å². The van der Waals surface area contributed by atoms with Crippen LogP contribution in [0.2, 0.25) is 0 Å². The van der Waals surface area contributed by atoms with E-state index in [1.807, 2.05) is 6.07 Å². The summed E-state index contributed by atoms with van der Waals surface area (Å²) in [5.74, 6) is -0.822. The molecule has 0 radical (unpaired) electrons. The monoisotopic (exact) mass is 821 g/mol. The van der Waals surface area contributed by atoms with Gasteiger partial charge in [0.15, 0.2) is 0 Å². The molecule has 0 saturated heterocycles. The van der Waals surface area contributed by atoms with E-state index < -0.39 is 49.0 Å². The van der Waals surface area contributed by atoms with Crippen molar-refractivity contribution in [2.45, 2.75) is 35.5 Å². The molecule has 0 aliphatic carbocycles. The fraction of sp³-hybridized carbons (Fsp3) is 0.175. The molecular weight excluding hydrogens is 788 g/mol. The van der Waals surface area contributed by atoms with E-state index in [4.69, 9.17) is 9.51 Å². The summed E-state index contributed by atoms with van der Waals surface area (Å²) >= 11 is 0. The van der Waals surface area contributed by atoms with Crippen molar-refractivity contribution < 1.29 is 55.6 Å². The Balaban J connectivity index is 1.43. The van der Waals surface area contributed by atoms with Gasteiger partial charge >= 0.3 is 26.5 Å². The molecule has 1 atom stereocenters. The third kappa shape index (κ3) is 7.50. The van der Waals surface area contributed by atoms with E-state index in [1.54, 1.807) is 83.8 Å². The molecule has 294 valence electrons. The largest absolute Gasteiger partial charge is 0.399 e. The molecule has 0 spiro atoms. The number of hydrogen-bond donors (Lipinski definition) is 4. The number of benzene rings is 5. The molecule has 11 nitrogen and oxygen atoms in total. The fourth-order valence-corrected chi connectivity index (χ4v) is 8.23. The zero-order chi connectivity index (χ0) is 40.8. The summed E-state index contributed by atoms with van der Waals surface area (Å²) in [6, 6.07) is 33.2. The molecule has 6 aromatic rings. The molecule has 57 heavy (non-hydrogen) atoms. The van der Waals surface area contributed by atoms with Gasteiger partial charge in [-0.15, -0.1) is 0 Å². The maximum absolute atomic E-state index is 14.8. The predicted molar refractivity (Wildman–Crippen MR) is 201 cm³/mol. The molecule has 1 unspecified atom stereocenters. The molecule has 5 aromatic carbocycles. The van der Waals surface area contributed by atoms with Gasteiger partial charge in [0.25, 0.3) is 5.91 Å². The van der Waals surface area contributed by atoms with Crippen molar-refractivity contribution in [2.24, 2.45) is 0 Å². The summed E-state index contributed by atoms with van der Waals surface area (Å²) in [5.41, 5.74) is -9.31. The van der Waals surface area contributed by atoms with Gasteiger partial charge in [-0.05, 0) is 47.7 Å². The number of aromatic nitrogens is 2. The fourth-order valence-electron chi connectivity index (χ4n) is 7.26. The van der Waals surface area contributed by atoms with Crippen LogP contribution in [0, 0.1) is 0 Å². The highest BCUT2D eigenvalue weighted by atomic mass is 31.2. The smallest absolute Gasteiger partial charge is 0.338 e. The van der Waals surface area contributed by atoms with Gasteiger partial charge in [-0.2, -0.15) is 22.5 Å². The van der Waals surface area contributed by atoms with Gasteiger partial charge < -0.3 is 29.0 Å². The number of alkyl halides is 4. The SMILES string of the molecule is O=C(c1ccccc1)N1CC(C(Cc2ccc(C(F)(F)P(=O)(O)O)cc2)(Cc2ccc(C(F)(F)P(=O)(O)O)cc2)c2nc(-c3ccccc3)no2)c2ccccc21. The summed E-state index contributed by atoms with van der Waals surface area (Å²) in [4.78, 5) is 58.1. The lowest BCUT2D eigenvalue weighted by Gasteiger charge is -2.37. The number of amides is 1. The van der Waals surface area contributed by atoms with Gasteiger partial charge in [-0.1, -0.05) is 120 Å². The first-order valence-electron chi connectivity index (χ1n) is 17.3. The number of carbonyl (C=O) groups is 1. The van der Waals surface area contributed by atoms with Crippen LogP contribution in [0.25, 0.3) is 11.4 Å². The molecule has 1 aliphatic rings. The van der Waals surface area contributed by atoms with Crippen molar-refractivity contribution in [3.05, 3.63) is 173 Å². The predicted octanol–water partition coefficient (Wildman–Crippen LogP) is 8.36. The summed E-state index contributed by atoms with van der Waals surface area (Å²) < 4.78 is 88.5. The van der Waals surface area contributed by atoms with Crippen LogP contribution in [0.1, 0.15) is 50.0 Å². The lowest BCUT2D eigenvalue weighted by Crippen LogP contribution is -2.42.